The van der Waals surface area contributed by atoms with E-state index in [9.17, 15) is 5.11 Å². The SMILES string of the molecule is CC(C)(C)c1ccc2c(c1)CC(O)(CN)CCS2. The fraction of sp³-hybridized carbons (Fsp3) is 0.600. The third-order valence-electron chi connectivity index (χ3n) is 3.65. The van der Waals surface area contributed by atoms with E-state index in [4.69, 9.17) is 5.73 Å². The van der Waals surface area contributed by atoms with Gasteiger partial charge in [-0.1, -0.05) is 32.9 Å². The summed E-state index contributed by atoms with van der Waals surface area (Å²) >= 11 is 1.83. The van der Waals surface area contributed by atoms with Gasteiger partial charge in [-0.2, -0.15) is 0 Å². The van der Waals surface area contributed by atoms with Crippen LogP contribution in [0, 0.1) is 0 Å². The van der Waals surface area contributed by atoms with Gasteiger partial charge in [0.1, 0.15) is 0 Å². The van der Waals surface area contributed by atoms with Crippen molar-refractivity contribution in [2.75, 3.05) is 12.3 Å². The molecule has 0 bridgehead atoms. The fourth-order valence-corrected chi connectivity index (χ4v) is 3.48. The molecule has 0 amide bonds. The molecule has 1 aliphatic heterocycles. The zero-order chi connectivity index (χ0) is 13.4. The van der Waals surface area contributed by atoms with Gasteiger partial charge in [-0.05, 0) is 29.0 Å². The average Bonchev–Trinajstić information content (AvgIpc) is 2.45. The van der Waals surface area contributed by atoms with Gasteiger partial charge in [0.15, 0.2) is 0 Å². The fourth-order valence-electron chi connectivity index (χ4n) is 2.29. The first-order valence-corrected chi connectivity index (χ1v) is 7.51. The van der Waals surface area contributed by atoms with Crippen LogP contribution in [0.3, 0.4) is 0 Å². The maximum absolute atomic E-state index is 10.5. The van der Waals surface area contributed by atoms with Gasteiger partial charge in [0.05, 0.1) is 5.60 Å². The monoisotopic (exact) mass is 265 g/mol. The van der Waals surface area contributed by atoms with Crippen LogP contribution in [0.25, 0.3) is 0 Å². The molecular formula is C15H23NOS. The van der Waals surface area contributed by atoms with Gasteiger partial charge in [-0.3, -0.25) is 0 Å². The number of thioether (sulfide) groups is 1. The molecule has 0 aromatic heterocycles. The Morgan fingerprint density at radius 1 is 1.39 bits per heavy atom. The van der Waals surface area contributed by atoms with Gasteiger partial charge >= 0.3 is 0 Å². The molecule has 0 radical (unpaired) electrons. The molecule has 1 atom stereocenters. The van der Waals surface area contributed by atoms with Gasteiger partial charge in [0, 0.05) is 23.6 Å². The Hall–Kier alpha value is -0.510. The smallest absolute Gasteiger partial charge is 0.0817 e. The highest BCUT2D eigenvalue weighted by atomic mass is 32.2. The summed E-state index contributed by atoms with van der Waals surface area (Å²) in [5.74, 6) is 0.940. The quantitative estimate of drug-likeness (QED) is 0.820. The summed E-state index contributed by atoms with van der Waals surface area (Å²) in [6.45, 7) is 6.99. The summed E-state index contributed by atoms with van der Waals surface area (Å²) in [7, 11) is 0. The lowest BCUT2D eigenvalue weighted by Crippen LogP contribution is -2.40. The number of hydrogen-bond acceptors (Lipinski definition) is 3. The summed E-state index contributed by atoms with van der Waals surface area (Å²) in [6.07, 6.45) is 1.45. The zero-order valence-electron chi connectivity index (χ0n) is 11.5. The molecule has 0 saturated heterocycles. The largest absolute Gasteiger partial charge is 0.388 e. The Morgan fingerprint density at radius 3 is 2.72 bits per heavy atom. The molecule has 100 valence electrons. The molecule has 1 aromatic rings. The molecule has 0 fully saturated rings. The van der Waals surface area contributed by atoms with E-state index < -0.39 is 5.60 Å². The van der Waals surface area contributed by atoms with Crippen molar-refractivity contribution in [1.82, 2.24) is 0 Å². The number of hydrogen-bond donors (Lipinski definition) is 2. The summed E-state index contributed by atoms with van der Waals surface area (Å²) in [5.41, 5.74) is 7.72. The minimum atomic E-state index is -0.727. The molecule has 3 N–H and O–H groups in total. The Bertz CT molecular complexity index is 439. The van der Waals surface area contributed by atoms with Crippen molar-refractivity contribution in [3.63, 3.8) is 0 Å². The molecule has 0 saturated carbocycles. The maximum atomic E-state index is 10.5. The molecule has 0 aliphatic carbocycles. The summed E-state index contributed by atoms with van der Waals surface area (Å²) < 4.78 is 0. The van der Waals surface area contributed by atoms with Crippen molar-refractivity contribution in [2.45, 2.75) is 49.5 Å². The average molecular weight is 265 g/mol. The van der Waals surface area contributed by atoms with Crippen LogP contribution >= 0.6 is 11.8 Å². The van der Waals surface area contributed by atoms with Crippen LogP contribution in [-0.2, 0) is 11.8 Å². The summed E-state index contributed by atoms with van der Waals surface area (Å²) in [5, 5.41) is 10.5. The van der Waals surface area contributed by atoms with Crippen LogP contribution in [0.1, 0.15) is 38.3 Å². The molecule has 1 heterocycles. The number of benzene rings is 1. The van der Waals surface area contributed by atoms with Crippen LogP contribution in [0.15, 0.2) is 23.1 Å². The van der Waals surface area contributed by atoms with Crippen molar-refractivity contribution < 1.29 is 5.11 Å². The highest BCUT2D eigenvalue weighted by Gasteiger charge is 2.29. The maximum Gasteiger partial charge on any atom is 0.0817 e. The second kappa shape index (κ2) is 4.87. The third kappa shape index (κ3) is 2.90. The van der Waals surface area contributed by atoms with Gasteiger partial charge < -0.3 is 10.8 Å². The topological polar surface area (TPSA) is 46.2 Å². The standard InChI is InChI=1S/C15H23NOS/c1-14(2,3)12-4-5-13-11(8-12)9-15(17,10-16)6-7-18-13/h4-5,8,17H,6-7,9-10,16H2,1-3H3. The number of rotatable bonds is 1. The first-order chi connectivity index (χ1) is 8.34. The van der Waals surface area contributed by atoms with Crippen LogP contribution < -0.4 is 5.73 Å². The van der Waals surface area contributed by atoms with E-state index in [2.05, 4.69) is 39.0 Å². The molecule has 18 heavy (non-hydrogen) atoms. The third-order valence-corrected chi connectivity index (χ3v) is 4.77. The molecular weight excluding hydrogens is 242 g/mol. The lowest BCUT2D eigenvalue weighted by molar-refractivity contribution is 0.0470. The first kappa shape index (κ1) is 13.9. The molecule has 1 aromatic carbocycles. The van der Waals surface area contributed by atoms with Crippen LogP contribution in [0.2, 0.25) is 0 Å². The lowest BCUT2D eigenvalue weighted by atomic mass is 9.84. The van der Waals surface area contributed by atoms with Gasteiger partial charge in [0.25, 0.3) is 0 Å². The van der Waals surface area contributed by atoms with Gasteiger partial charge in [-0.25, -0.2) is 0 Å². The second-order valence-electron chi connectivity index (χ2n) is 6.28. The molecule has 1 unspecified atom stereocenters. The van der Waals surface area contributed by atoms with E-state index in [1.165, 1.54) is 16.0 Å². The van der Waals surface area contributed by atoms with E-state index in [0.29, 0.717) is 13.0 Å². The van der Waals surface area contributed by atoms with E-state index in [0.717, 1.165) is 12.2 Å². The van der Waals surface area contributed by atoms with E-state index in [1.54, 1.807) is 0 Å². The Morgan fingerprint density at radius 2 is 2.11 bits per heavy atom. The van der Waals surface area contributed by atoms with E-state index in [1.807, 2.05) is 11.8 Å². The number of fused-ring (bicyclic) bond motifs is 1. The van der Waals surface area contributed by atoms with Crippen molar-refractivity contribution in [2.24, 2.45) is 5.73 Å². The molecule has 1 aliphatic rings. The van der Waals surface area contributed by atoms with Gasteiger partial charge in [-0.15, -0.1) is 11.8 Å². The van der Waals surface area contributed by atoms with Crippen LogP contribution in [-0.4, -0.2) is 23.0 Å². The summed E-state index contributed by atoms with van der Waals surface area (Å²) in [6, 6.07) is 6.65. The number of aliphatic hydroxyl groups is 1. The van der Waals surface area contributed by atoms with Gasteiger partial charge in [0.2, 0.25) is 0 Å². The molecule has 3 heteroatoms. The predicted octanol–water partition coefficient (Wildman–Crippen LogP) is 2.71. The second-order valence-corrected chi connectivity index (χ2v) is 7.41. The van der Waals surface area contributed by atoms with Crippen LogP contribution in [0.5, 0.6) is 0 Å². The Kier molecular flexibility index (Phi) is 3.77. The Balaban J connectivity index is 2.39. The minimum Gasteiger partial charge on any atom is -0.388 e. The highest BCUT2D eigenvalue weighted by Crippen LogP contribution is 2.35. The lowest BCUT2D eigenvalue weighted by Gasteiger charge is -2.26. The molecule has 0 spiro atoms. The van der Waals surface area contributed by atoms with E-state index >= 15 is 0 Å². The van der Waals surface area contributed by atoms with E-state index in [-0.39, 0.29) is 5.41 Å². The first-order valence-electron chi connectivity index (χ1n) is 6.53. The minimum absolute atomic E-state index is 0.146. The summed E-state index contributed by atoms with van der Waals surface area (Å²) in [4.78, 5) is 1.30. The Labute approximate surface area is 114 Å². The number of nitrogens with two attached hydrogens (primary N) is 1. The zero-order valence-corrected chi connectivity index (χ0v) is 12.3. The molecule has 2 rings (SSSR count). The molecule has 2 nitrogen and oxygen atoms in total. The van der Waals surface area contributed by atoms with Crippen molar-refractivity contribution in [1.29, 1.82) is 0 Å². The highest BCUT2D eigenvalue weighted by molar-refractivity contribution is 7.99. The van der Waals surface area contributed by atoms with Crippen LogP contribution in [0.4, 0.5) is 0 Å². The van der Waals surface area contributed by atoms with Crippen molar-refractivity contribution >= 4 is 11.8 Å². The van der Waals surface area contributed by atoms with Crippen molar-refractivity contribution in [3.8, 4) is 0 Å². The van der Waals surface area contributed by atoms with Crippen molar-refractivity contribution in [3.05, 3.63) is 29.3 Å². The normalized spacial score (nSPS) is 24.5. The predicted molar refractivity (Wildman–Crippen MR) is 78.2 cm³/mol.